The maximum absolute atomic E-state index is 6.53. The quantitative estimate of drug-likeness (QED) is 0.176. The third-order valence-corrected chi connectivity index (χ3v) is 9.87. The van der Waals surface area contributed by atoms with Crippen molar-refractivity contribution in [2.24, 2.45) is 0 Å². The molecule has 0 bridgehead atoms. The first-order valence-electron chi connectivity index (χ1n) is 17.0. The SMILES string of the molecule is c1ccc(N(c2ccc(-c3cc4ccccc4c4ccccc34)cc2)c2ccc(-c3nc4ccc5ccccc5c4o3)c3ccccc23)cc1. The summed E-state index contributed by atoms with van der Waals surface area (Å²) in [5, 5.41) is 9.46. The lowest BCUT2D eigenvalue weighted by molar-refractivity contribution is 0.624. The molecule has 0 radical (unpaired) electrons. The number of rotatable bonds is 5. The van der Waals surface area contributed by atoms with Crippen molar-refractivity contribution in [3.63, 3.8) is 0 Å². The molecule has 50 heavy (non-hydrogen) atoms. The highest BCUT2D eigenvalue weighted by Gasteiger charge is 2.20. The Kier molecular flexibility index (Phi) is 6.49. The van der Waals surface area contributed by atoms with Crippen molar-refractivity contribution in [3.05, 3.63) is 182 Å². The fourth-order valence-corrected chi connectivity index (χ4v) is 7.52. The summed E-state index contributed by atoms with van der Waals surface area (Å²) in [4.78, 5) is 7.31. The molecule has 0 aliphatic rings. The van der Waals surface area contributed by atoms with Crippen molar-refractivity contribution in [1.82, 2.24) is 4.98 Å². The summed E-state index contributed by atoms with van der Waals surface area (Å²) < 4.78 is 6.53. The molecule has 3 nitrogen and oxygen atoms in total. The van der Waals surface area contributed by atoms with E-state index in [2.05, 4.69) is 175 Å². The number of benzene rings is 9. The van der Waals surface area contributed by atoms with Crippen LogP contribution >= 0.6 is 0 Å². The monoisotopic (exact) mass is 638 g/mol. The molecule has 0 saturated heterocycles. The van der Waals surface area contributed by atoms with E-state index in [0.717, 1.165) is 55.3 Å². The zero-order valence-corrected chi connectivity index (χ0v) is 27.1. The molecule has 0 saturated carbocycles. The van der Waals surface area contributed by atoms with Crippen molar-refractivity contribution in [2.45, 2.75) is 0 Å². The van der Waals surface area contributed by atoms with Gasteiger partial charge >= 0.3 is 0 Å². The third-order valence-electron chi connectivity index (χ3n) is 9.87. The van der Waals surface area contributed by atoms with E-state index in [1.165, 1.54) is 32.7 Å². The molecule has 9 aromatic carbocycles. The van der Waals surface area contributed by atoms with E-state index in [9.17, 15) is 0 Å². The molecule has 3 heteroatoms. The van der Waals surface area contributed by atoms with Crippen LogP contribution in [0.25, 0.3) is 76.8 Å². The highest BCUT2D eigenvalue weighted by Crippen LogP contribution is 2.43. The standard InChI is InChI=1S/C47H30N2O/c1-2-14-34(15-3-1)49(35-25-22-32(23-26-35)43-30-33-13-5-6-16-36(33)38-18-8-9-19-39(38)43)45-29-27-42(40-20-10-11-21-41(40)45)47-48-44-28-24-31-12-4-7-17-37(31)46(44)50-47/h1-30H. The van der Waals surface area contributed by atoms with E-state index in [4.69, 9.17) is 9.40 Å². The molecule has 0 spiro atoms. The van der Waals surface area contributed by atoms with Gasteiger partial charge in [0.05, 0.1) is 5.69 Å². The lowest BCUT2D eigenvalue weighted by Crippen LogP contribution is -2.10. The topological polar surface area (TPSA) is 29.3 Å². The van der Waals surface area contributed by atoms with E-state index in [1.54, 1.807) is 0 Å². The Morgan fingerprint density at radius 2 is 1.00 bits per heavy atom. The molecule has 0 amide bonds. The largest absolute Gasteiger partial charge is 0.435 e. The molecule has 0 aliphatic heterocycles. The Morgan fingerprint density at radius 3 is 1.78 bits per heavy atom. The molecule has 0 N–H and O–H groups in total. The molecule has 0 unspecified atom stereocenters. The van der Waals surface area contributed by atoms with Crippen LogP contribution < -0.4 is 4.90 Å². The van der Waals surface area contributed by atoms with Gasteiger partial charge in [0.1, 0.15) is 5.52 Å². The lowest BCUT2D eigenvalue weighted by atomic mass is 9.93. The number of hydrogen-bond donors (Lipinski definition) is 0. The van der Waals surface area contributed by atoms with Gasteiger partial charge < -0.3 is 9.32 Å². The van der Waals surface area contributed by atoms with Crippen molar-refractivity contribution in [3.8, 4) is 22.6 Å². The Hall–Kier alpha value is -6.71. The summed E-state index contributed by atoms with van der Waals surface area (Å²) in [5.41, 5.74) is 8.31. The molecule has 0 fully saturated rings. The Balaban J connectivity index is 1.12. The minimum Gasteiger partial charge on any atom is -0.435 e. The van der Waals surface area contributed by atoms with E-state index in [-0.39, 0.29) is 0 Å². The average Bonchev–Trinajstić information content (AvgIpc) is 3.63. The third kappa shape index (κ3) is 4.56. The zero-order chi connectivity index (χ0) is 33.0. The molecular weight excluding hydrogens is 609 g/mol. The predicted octanol–water partition coefficient (Wildman–Crippen LogP) is 13.2. The summed E-state index contributed by atoms with van der Waals surface area (Å²) >= 11 is 0. The Labute approximate surface area is 289 Å². The fourth-order valence-electron chi connectivity index (χ4n) is 7.52. The molecule has 0 aliphatic carbocycles. The van der Waals surface area contributed by atoms with Crippen LogP contribution in [0.4, 0.5) is 17.1 Å². The highest BCUT2D eigenvalue weighted by atomic mass is 16.3. The summed E-state index contributed by atoms with van der Waals surface area (Å²) in [6.07, 6.45) is 0. The number of hydrogen-bond acceptors (Lipinski definition) is 3. The van der Waals surface area contributed by atoms with E-state index >= 15 is 0 Å². The number of para-hydroxylation sites is 1. The Morgan fingerprint density at radius 1 is 0.400 bits per heavy atom. The van der Waals surface area contributed by atoms with Gasteiger partial charge in [-0.05, 0) is 92.0 Å². The van der Waals surface area contributed by atoms with E-state index in [1.807, 2.05) is 12.1 Å². The second-order valence-electron chi connectivity index (χ2n) is 12.7. The minimum absolute atomic E-state index is 0.623. The lowest BCUT2D eigenvalue weighted by Gasteiger charge is -2.27. The summed E-state index contributed by atoms with van der Waals surface area (Å²) in [7, 11) is 0. The second kappa shape index (κ2) is 11.5. The van der Waals surface area contributed by atoms with E-state index in [0.29, 0.717) is 5.89 Å². The van der Waals surface area contributed by atoms with Gasteiger partial charge in [-0.3, -0.25) is 0 Å². The fraction of sp³-hybridized carbons (Fsp3) is 0. The van der Waals surface area contributed by atoms with Crippen molar-refractivity contribution in [2.75, 3.05) is 4.90 Å². The van der Waals surface area contributed by atoms with Crippen LogP contribution in [0.3, 0.4) is 0 Å². The summed E-state index contributed by atoms with van der Waals surface area (Å²) in [5.74, 6) is 0.623. The van der Waals surface area contributed by atoms with Gasteiger partial charge in [0.15, 0.2) is 5.58 Å². The van der Waals surface area contributed by atoms with Crippen LogP contribution in [0.1, 0.15) is 0 Å². The molecule has 234 valence electrons. The minimum atomic E-state index is 0.623. The number of oxazole rings is 1. The highest BCUT2D eigenvalue weighted by molar-refractivity contribution is 6.14. The summed E-state index contributed by atoms with van der Waals surface area (Å²) in [6.45, 7) is 0. The van der Waals surface area contributed by atoms with Crippen LogP contribution in [-0.2, 0) is 0 Å². The molecule has 1 aromatic heterocycles. The van der Waals surface area contributed by atoms with Crippen LogP contribution in [-0.4, -0.2) is 4.98 Å². The molecular formula is C47H30N2O. The number of anilines is 3. The molecule has 0 atom stereocenters. The first-order valence-corrected chi connectivity index (χ1v) is 17.0. The van der Waals surface area contributed by atoms with Gasteiger partial charge in [0, 0.05) is 27.7 Å². The summed E-state index contributed by atoms with van der Waals surface area (Å²) in [6, 6.07) is 64.6. The van der Waals surface area contributed by atoms with Gasteiger partial charge in [-0.25, -0.2) is 4.98 Å². The predicted molar refractivity (Wildman–Crippen MR) is 210 cm³/mol. The van der Waals surface area contributed by atoms with Gasteiger partial charge in [0.25, 0.3) is 0 Å². The second-order valence-corrected chi connectivity index (χ2v) is 12.7. The Bertz CT molecular complexity index is 2870. The van der Waals surface area contributed by atoms with Gasteiger partial charge in [0.2, 0.25) is 5.89 Å². The molecule has 1 heterocycles. The van der Waals surface area contributed by atoms with Crippen LogP contribution in [0, 0.1) is 0 Å². The maximum atomic E-state index is 6.53. The number of aromatic nitrogens is 1. The normalized spacial score (nSPS) is 11.6. The first-order chi connectivity index (χ1) is 24.8. The average molecular weight is 639 g/mol. The van der Waals surface area contributed by atoms with Crippen LogP contribution in [0.2, 0.25) is 0 Å². The van der Waals surface area contributed by atoms with Gasteiger partial charge in [-0.2, -0.15) is 0 Å². The molecule has 10 aromatic rings. The zero-order valence-electron chi connectivity index (χ0n) is 27.1. The van der Waals surface area contributed by atoms with Crippen molar-refractivity contribution < 1.29 is 4.42 Å². The number of nitrogens with zero attached hydrogens (tertiary/aromatic N) is 2. The van der Waals surface area contributed by atoms with Crippen molar-refractivity contribution >= 4 is 71.3 Å². The van der Waals surface area contributed by atoms with Gasteiger partial charge in [-0.1, -0.05) is 133 Å². The van der Waals surface area contributed by atoms with Gasteiger partial charge in [-0.15, -0.1) is 0 Å². The van der Waals surface area contributed by atoms with Crippen LogP contribution in [0.15, 0.2) is 186 Å². The first kappa shape index (κ1) is 28.3. The molecule has 10 rings (SSSR count). The van der Waals surface area contributed by atoms with Crippen LogP contribution in [0.5, 0.6) is 0 Å². The smallest absolute Gasteiger partial charge is 0.227 e. The maximum Gasteiger partial charge on any atom is 0.227 e. The van der Waals surface area contributed by atoms with Crippen molar-refractivity contribution in [1.29, 1.82) is 0 Å². The number of fused-ring (bicyclic) bond motifs is 7. The van der Waals surface area contributed by atoms with E-state index < -0.39 is 0 Å².